The second kappa shape index (κ2) is 8.51. The highest BCUT2D eigenvalue weighted by molar-refractivity contribution is 5.78. The molecular weight excluding hydrogens is 240 g/mol. The maximum atomic E-state index is 12.3. The van der Waals surface area contributed by atoms with Crippen LogP contribution in [0.15, 0.2) is 0 Å². The van der Waals surface area contributed by atoms with E-state index < -0.39 is 0 Å². The molecule has 0 radical (unpaired) electrons. The Kier molecular flexibility index (Phi) is 7.34. The standard InChI is InChI=1S/C14H30N4O/c1-5-15-12-14(19)18(11-10-16(2)3)13-6-8-17(4)9-7-13/h13,15H,5-12H2,1-4H3. The molecule has 0 bridgehead atoms. The van der Waals surface area contributed by atoms with Crippen LogP contribution in [0, 0.1) is 0 Å². The van der Waals surface area contributed by atoms with Crippen LogP contribution in [0.4, 0.5) is 0 Å². The van der Waals surface area contributed by atoms with E-state index in [0.717, 1.165) is 45.6 Å². The SMILES string of the molecule is CCNCC(=O)N(CCN(C)C)C1CCN(C)CC1. The molecule has 0 spiro atoms. The van der Waals surface area contributed by atoms with Gasteiger partial charge in [0.25, 0.3) is 0 Å². The molecule has 0 aliphatic carbocycles. The second-order valence-corrected chi connectivity index (χ2v) is 5.71. The number of nitrogens with zero attached hydrogens (tertiary/aromatic N) is 3. The van der Waals surface area contributed by atoms with E-state index in [1.54, 1.807) is 0 Å². The second-order valence-electron chi connectivity index (χ2n) is 5.71. The van der Waals surface area contributed by atoms with Crippen LogP contribution in [0.1, 0.15) is 19.8 Å². The molecule has 0 unspecified atom stereocenters. The Bertz CT molecular complexity index is 262. The van der Waals surface area contributed by atoms with E-state index in [2.05, 4.69) is 41.2 Å². The van der Waals surface area contributed by atoms with Crippen molar-refractivity contribution < 1.29 is 4.79 Å². The van der Waals surface area contributed by atoms with Crippen molar-refractivity contribution >= 4 is 5.91 Å². The highest BCUT2D eigenvalue weighted by Crippen LogP contribution is 2.15. The topological polar surface area (TPSA) is 38.8 Å². The predicted molar refractivity (Wildman–Crippen MR) is 79.3 cm³/mol. The van der Waals surface area contributed by atoms with Crippen molar-refractivity contribution in [1.29, 1.82) is 0 Å². The molecule has 5 nitrogen and oxygen atoms in total. The van der Waals surface area contributed by atoms with Crippen LogP contribution in [0.3, 0.4) is 0 Å². The fraction of sp³-hybridized carbons (Fsp3) is 0.929. The van der Waals surface area contributed by atoms with E-state index >= 15 is 0 Å². The smallest absolute Gasteiger partial charge is 0.236 e. The largest absolute Gasteiger partial charge is 0.337 e. The Balaban J connectivity index is 2.54. The minimum absolute atomic E-state index is 0.248. The van der Waals surface area contributed by atoms with Gasteiger partial charge in [-0.25, -0.2) is 0 Å². The third-order valence-corrected chi connectivity index (χ3v) is 3.76. The quantitative estimate of drug-likeness (QED) is 0.711. The maximum Gasteiger partial charge on any atom is 0.236 e. The minimum atomic E-state index is 0.248. The fourth-order valence-corrected chi connectivity index (χ4v) is 2.46. The number of hydrogen-bond acceptors (Lipinski definition) is 4. The van der Waals surface area contributed by atoms with Gasteiger partial charge >= 0.3 is 0 Å². The van der Waals surface area contributed by atoms with E-state index in [0.29, 0.717) is 12.6 Å². The lowest BCUT2D eigenvalue weighted by Gasteiger charge is -2.38. The first kappa shape index (κ1) is 16.4. The molecule has 0 aromatic carbocycles. The van der Waals surface area contributed by atoms with Crippen LogP contribution in [0.5, 0.6) is 0 Å². The van der Waals surface area contributed by atoms with Gasteiger partial charge in [-0.15, -0.1) is 0 Å². The molecule has 1 aliphatic heterocycles. The summed E-state index contributed by atoms with van der Waals surface area (Å²) < 4.78 is 0. The molecule has 0 aromatic heterocycles. The van der Waals surface area contributed by atoms with Gasteiger partial charge in [0.2, 0.25) is 5.91 Å². The number of rotatable bonds is 7. The van der Waals surface area contributed by atoms with Crippen molar-refractivity contribution in [1.82, 2.24) is 20.0 Å². The molecule has 1 amide bonds. The molecular formula is C14H30N4O. The van der Waals surface area contributed by atoms with Gasteiger partial charge in [-0.3, -0.25) is 4.79 Å². The van der Waals surface area contributed by atoms with Gasteiger partial charge in [-0.2, -0.15) is 0 Å². The molecule has 1 rings (SSSR count). The summed E-state index contributed by atoms with van der Waals surface area (Å²) in [7, 11) is 6.27. The van der Waals surface area contributed by atoms with Crippen LogP contribution >= 0.6 is 0 Å². The van der Waals surface area contributed by atoms with Gasteiger partial charge in [0.05, 0.1) is 6.54 Å². The first-order valence-electron chi connectivity index (χ1n) is 7.38. The molecule has 0 aromatic rings. The lowest BCUT2D eigenvalue weighted by molar-refractivity contribution is -0.133. The summed E-state index contributed by atoms with van der Waals surface area (Å²) in [4.78, 5) is 18.9. The number of amides is 1. The highest BCUT2D eigenvalue weighted by atomic mass is 16.2. The number of likely N-dealkylation sites (N-methyl/N-ethyl adjacent to an activating group) is 2. The van der Waals surface area contributed by atoms with Crippen LogP contribution in [-0.2, 0) is 4.79 Å². The number of carbonyl (C=O) groups excluding carboxylic acids is 1. The zero-order valence-corrected chi connectivity index (χ0v) is 13.0. The van der Waals surface area contributed by atoms with Crippen molar-refractivity contribution in [2.24, 2.45) is 0 Å². The number of piperidine rings is 1. The summed E-state index contributed by atoms with van der Waals surface area (Å²) >= 11 is 0. The van der Waals surface area contributed by atoms with Crippen LogP contribution < -0.4 is 5.32 Å². The predicted octanol–water partition coefficient (Wildman–Crippen LogP) is 0.0803. The monoisotopic (exact) mass is 270 g/mol. The third kappa shape index (κ3) is 5.89. The Morgan fingerprint density at radius 1 is 1.26 bits per heavy atom. The highest BCUT2D eigenvalue weighted by Gasteiger charge is 2.26. The van der Waals surface area contributed by atoms with Crippen LogP contribution in [0.2, 0.25) is 0 Å². The van der Waals surface area contributed by atoms with Gasteiger partial charge < -0.3 is 20.0 Å². The summed E-state index contributed by atoms with van der Waals surface area (Å²) in [6.07, 6.45) is 2.20. The van der Waals surface area contributed by atoms with Gasteiger partial charge in [-0.1, -0.05) is 6.92 Å². The average molecular weight is 270 g/mol. The molecule has 0 saturated carbocycles. The normalized spacial score (nSPS) is 17.9. The summed E-state index contributed by atoms with van der Waals surface area (Å²) in [6, 6.07) is 0.419. The zero-order chi connectivity index (χ0) is 14.3. The van der Waals surface area contributed by atoms with Gasteiger partial charge in [-0.05, 0) is 53.6 Å². The first-order valence-corrected chi connectivity index (χ1v) is 7.38. The van der Waals surface area contributed by atoms with Gasteiger partial charge in [0.15, 0.2) is 0 Å². The number of carbonyl (C=O) groups is 1. The Hall–Kier alpha value is -0.650. The Morgan fingerprint density at radius 3 is 2.42 bits per heavy atom. The summed E-state index contributed by atoms with van der Waals surface area (Å²) in [5.74, 6) is 0.248. The number of likely N-dealkylation sites (tertiary alicyclic amines) is 1. The van der Waals surface area contributed by atoms with Gasteiger partial charge in [0.1, 0.15) is 0 Å². The summed E-state index contributed by atoms with van der Waals surface area (Å²) in [5, 5.41) is 3.15. The van der Waals surface area contributed by atoms with E-state index in [4.69, 9.17) is 0 Å². The number of hydrogen-bond donors (Lipinski definition) is 1. The van der Waals surface area contributed by atoms with Crippen molar-refractivity contribution in [3.05, 3.63) is 0 Å². The van der Waals surface area contributed by atoms with Crippen LogP contribution in [0.25, 0.3) is 0 Å². The lowest BCUT2D eigenvalue weighted by Crippen LogP contribution is -2.50. The number of nitrogens with one attached hydrogen (secondary N) is 1. The summed E-state index contributed by atoms with van der Waals surface area (Å²) in [6.45, 7) is 7.31. The molecule has 1 fully saturated rings. The first-order chi connectivity index (χ1) is 9.04. The van der Waals surface area contributed by atoms with E-state index in [-0.39, 0.29) is 5.91 Å². The average Bonchev–Trinajstić information content (AvgIpc) is 2.38. The van der Waals surface area contributed by atoms with E-state index in [9.17, 15) is 4.79 Å². The minimum Gasteiger partial charge on any atom is -0.337 e. The molecule has 1 saturated heterocycles. The fourth-order valence-electron chi connectivity index (χ4n) is 2.46. The molecule has 19 heavy (non-hydrogen) atoms. The molecule has 112 valence electrons. The van der Waals surface area contributed by atoms with Crippen molar-refractivity contribution in [3.8, 4) is 0 Å². The molecule has 1 aliphatic rings. The Labute approximate surface area is 117 Å². The maximum absolute atomic E-state index is 12.3. The summed E-state index contributed by atoms with van der Waals surface area (Å²) in [5.41, 5.74) is 0. The zero-order valence-electron chi connectivity index (χ0n) is 13.0. The van der Waals surface area contributed by atoms with E-state index in [1.807, 2.05) is 6.92 Å². The Morgan fingerprint density at radius 2 is 1.89 bits per heavy atom. The van der Waals surface area contributed by atoms with E-state index in [1.165, 1.54) is 0 Å². The molecule has 0 atom stereocenters. The van der Waals surface area contributed by atoms with Crippen molar-refractivity contribution in [2.75, 3.05) is 60.4 Å². The van der Waals surface area contributed by atoms with Crippen molar-refractivity contribution in [2.45, 2.75) is 25.8 Å². The van der Waals surface area contributed by atoms with Gasteiger partial charge in [0, 0.05) is 19.1 Å². The molecule has 1 N–H and O–H groups in total. The lowest BCUT2D eigenvalue weighted by atomic mass is 10.0. The third-order valence-electron chi connectivity index (χ3n) is 3.76. The molecule has 5 heteroatoms. The van der Waals surface area contributed by atoms with Crippen LogP contribution in [-0.4, -0.2) is 87.1 Å². The molecule has 1 heterocycles. The van der Waals surface area contributed by atoms with Crippen molar-refractivity contribution in [3.63, 3.8) is 0 Å².